The second-order valence-corrected chi connectivity index (χ2v) is 5.35. The maximum absolute atomic E-state index is 10.8. The number of nitro groups is 1. The highest BCUT2D eigenvalue weighted by Gasteiger charge is 2.28. The Morgan fingerprint density at radius 1 is 1.73 bits per heavy atom. The average molecular weight is 246 g/mol. The molecule has 0 bridgehead atoms. The fraction of sp³-hybridized carbons (Fsp3) is 0.556. The van der Waals surface area contributed by atoms with E-state index in [1.807, 2.05) is 17.5 Å². The molecule has 4 nitrogen and oxygen atoms in total. The van der Waals surface area contributed by atoms with Gasteiger partial charge >= 0.3 is 0 Å². The van der Waals surface area contributed by atoms with E-state index in [2.05, 4.69) is 0 Å². The average Bonchev–Trinajstić information content (AvgIpc) is 2.71. The summed E-state index contributed by atoms with van der Waals surface area (Å²) in [4.78, 5) is 11.6. The van der Waals surface area contributed by atoms with Crippen molar-refractivity contribution in [3.8, 4) is 0 Å². The van der Waals surface area contributed by atoms with Crippen LogP contribution in [0.15, 0.2) is 17.5 Å². The molecular weight excluding hydrogens is 232 g/mol. The molecule has 1 rings (SSSR count). The van der Waals surface area contributed by atoms with Gasteiger partial charge in [0.15, 0.2) is 0 Å². The Kier molecular flexibility index (Phi) is 5.07. The summed E-state index contributed by atoms with van der Waals surface area (Å²) in [5.74, 6) is 0.751. The molecule has 0 radical (unpaired) electrons. The Hall–Kier alpha value is -0.590. The molecule has 2 unspecified atom stereocenters. The highest BCUT2D eigenvalue weighted by molar-refractivity contribution is 7.99. The second-order valence-electron chi connectivity index (χ2n) is 3.12. The molecule has 0 aromatic carbocycles. The van der Waals surface area contributed by atoms with Crippen LogP contribution in [-0.4, -0.2) is 23.3 Å². The van der Waals surface area contributed by atoms with Gasteiger partial charge in [0.1, 0.15) is 5.25 Å². The smallest absolute Gasteiger partial charge is 0.226 e. The molecule has 15 heavy (non-hydrogen) atoms. The van der Waals surface area contributed by atoms with E-state index >= 15 is 0 Å². The van der Waals surface area contributed by atoms with Gasteiger partial charge in [-0.3, -0.25) is 10.1 Å². The third kappa shape index (κ3) is 3.48. The molecular formula is C9H14N2O2S2. The Labute approximate surface area is 97.0 Å². The van der Waals surface area contributed by atoms with Gasteiger partial charge in [-0.05, 0) is 11.4 Å². The van der Waals surface area contributed by atoms with Gasteiger partial charge in [-0.15, -0.1) is 23.1 Å². The Morgan fingerprint density at radius 2 is 2.47 bits per heavy atom. The molecule has 0 aliphatic rings. The summed E-state index contributed by atoms with van der Waals surface area (Å²) in [6, 6.07) is 3.29. The van der Waals surface area contributed by atoms with E-state index in [-0.39, 0.29) is 10.2 Å². The van der Waals surface area contributed by atoms with Gasteiger partial charge in [0, 0.05) is 29.0 Å². The van der Waals surface area contributed by atoms with Crippen molar-refractivity contribution in [3.05, 3.63) is 32.5 Å². The molecule has 0 amide bonds. The number of thioether (sulfide) groups is 1. The number of nitrogens with two attached hydrogens (primary N) is 1. The van der Waals surface area contributed by atoms with Crippen LogP contribution in [0, 0.1) is 10.1 Å². The van der Waals surface area contributed by atoms with Crippen molar-refractivity contribution >= 4 is 23.1 Å². The highest BCUT2D eigenvalue weighted by Crippen LogP contribution is 2.35. The first-order valence-corrected chi connectivity index (χ1v) is 6.58. The van der Waals surface area contributed by atoms with Crippen LogP contribution >= 0.6 is 23.1 Å². The van der Waals surface area contributed by atoms with Crippen LogP contribution in [0.2, 0.25) is 0 Å². The minimum Gasteiger partial charge on any atom is -0.330 e. The van der Waals surface area contributed by atoms with Gasteiger partial charge in [0.05, 0.1) is 0 Å². The van der Waals surface area contributed by atoms with Crippen molar-refractivity contribution in [1.29, 1.82) is 0 Å². The van der Waals surface area contributed by atoms with Gasteiger partial charge in [-0.25, -0.2) is 0 Å². The monoisotopic (exact) mass is 246 g/mol. The number of thiophene rings is 1. The van der Waals surface area contributed by atoms with E-state index in [4.69, 9.17) is 5.73 Å². The number of rotatable bonds is 6. The zero-order chi connectivity index (χ0) is 11.3. The molecule has 0 aliphatic heterocycles. The van der Waals surface area contributed by atoms with Crippen LogP contribution in [0.1, 0.15) is 17.1 Å². The van der Waals surface area contributed by atoms with E-state index in [9.17, 15) is 10.1 Å². The van der Waals surface area contributed by atoms with Gasteiger partial charge in [-0.2, -0.15) is 0 Å². The lowest BCUT2D eigenvalue weighted by Crippen LogP contribution is -2.22. The van der Waals surface area contributed by atoms with Crippen LogP contribution in [0.4, 0.5) is 0 Å². The quantitative estimate of drug-likeness (QED) is 0.617. The Bertz CT molecular complexity index is 303. The first-order chi connectivity index (χ1) is 7.16. The lowest BCUT2D eigenvalue weighted by atomic mass is 10.2. The van der Waals surface area contributed by atoms with Crippen LogP contribution in [0.25, 0.3) is 0 Å². The standard InChI is InChI=1S/C9H14N2O2S2/c1-7(11(12)13)9(15-6-4-10)8-3-2-5-14-8/h2-3,5,7,9H,4,6,10H2,1H3. The summed E-state index contributed by atoms with van der Waals surface area (Å²) < 4.78 is 0. The third-order valence-electron chi connectivity index (χ3n) is 2.01. The zero-order valence-electron chi connectivity index (χ0n) is 8.46. The molecule has 1 heterocycles. The highest BCUT2D eigenvalue weighted by atomic mass is 32.2. The second kappa shape index (κ2) is 6.09. The summed E-state index contributed by atoms with van der Waals surface area (Å²) in [5, 5.41) is 12.6. The molecule has 6 heteroatoms. The van der Waals surface area contributed by atoms with Crippen molar-refractivity contribution in [2.75, 3.05) is 12.3 Å². The SMILES string of the molecule is CC(C(SCCN)c1cccs1)[N+](=O)[O-]. The van der Waals surface area contributed by atoms with E-state index < -0.39 is 6.04 Å². The van der Waals surface area contributed by atoms with Crippen molar-refractivity contribution in [3.63, 3.8) is 0 Å². The predicted molar refractivity (Wildman–Crippen MR) is 65.0 cm³/mol. The summed E-state index contributed by atoms with van der Waals surface area (Å²) in [7, 11) is 0. The molecule has 2 atom stereocenters. The Morgan fingerprint density at radius 3 is 2.93 bits per heavy atom. The van der Waals surface area contributed by atoms with Crippen molar-refractivity contribution in [2.45, 2.75) is 18.2 Å². The van der Waals surface area contributed by atoms with Gasteiger partial charge in [-0.1, -0.05) is 6.07 Å². The summed E-state index contributed by atoms with van der Waals surface area (Å²) in [5.41, 5.74) is 5.42. The van der Waals surface area contributed by atoms with E-state index in [1.54, 1.807) is 30.0 Å². The fourth-order valence-corrected chi connectivity index (χ4v) is 3.40. The maximum Gasteiger partial charge on any atom is 0.226 e. The predicted octanol–water partition coefficient (Wildman–Crippen LogP) is 2.15. The molecule has 0 fully saturated rings. The summed E-state index contributed by atoms with van der Waals surface area (Å²) in [6.45, 7) is 2.20. The number of hydrogen-bond donors (Lipinski definition) is 1. The Balaban J connectivity index is 2.73. The summed E-state index contributed by atoms with van der Waals surface area (Å²) >= 11 is 3.12. The summed E-state index contributed by atoms with van der Waals surface area (Å²) in [6.07, 6.45) is 0. The first kappa shape index (κ1) is 12.5. The third-order valence-corrected chi connectivity index (χ3v) is 4.59. The van der Waals surface area contributed by atoms with Crippen molar-refractivity contribution < 1.29 is 4.92 Å². The van der Waals surface area contributed by atoms with Crippen molar-refractivity contribution in [2.24, 2.45) is 5.73 Å². The molecule has 84 valence electrons. The maximum atomic E-state index is 10.8. The lowest BCUT2D eigenvalue weighted by molar-refractivity contribution is -0.518. The van der Waals surface area contributed by atoms with Gasteiger partial charge in [0.2, 0.25) is 6.04 Å². The van der Waals surface area contributed by atoms with Crippen LogP contribution in [0.3, 0.4) is 0 Å². The topological polar surface area (TPSA) is 69.2 Å². The molecule has 1 aromatic rings. The minimum absolute atomic E-state index is 0.0800. The largest absolute Gasteiger partial charge is 0.330 e. The minimum atomic E-state index is -0.569. The van der Waals surface area contributed by atoms with Crippen LogP contribution in [-0.2, 0) is 0 Å². The lowest BCUT2D eigenvalue weighted by Gasteiger charge is -2.15. The van der Waals surface area contributed by atoms with Gasteiger partial charge in [0.25, 0.3) is 0 Å². The number of nitrogens with zero attached hydrogens (tertiary/aromatic N) is 1. The molecule has 0 spiro atoms. The fourth-order valence-electron chi connectivity index (χ4n) is 1.22. The van der Waals surface area contributed by atoms with Gasteiger partial charge < -0.3 is 5.73 Å². The zero-order valence-corrected chi connectivity index (χ0v) is 10.1. The van der Waals surface area contributed by atoms with E-state index in [1.165, 1.54) is 0 Å². The van der Waals surface area contributed by atoms with Crippen LogP contribution in [0.5, 0.6) is 0 Å². The molecule has 2 N–H and O–H groups in total. The molecule has 0 aliphatic carbocycles. The molecule has 0 saturated carbocycles. The van der Waals surface area contributed by atoms with E-state index in [0.717, 1.165) is 10.6 Å². The normalized spacial score (nSPS) is 14.8. The van der Waals surface area contributed by atoms with Crippen LogP contribution < -0.4 is 5.73 Å². The van der Waals surface area contributed by atoms with E-state index in [0.29, 0.717) is 6.54 Å². The van der Waals surface area contributed by atoms with Crippen molar-refractivity contribution in [1.82, 2.24) is 0 Å². The molecule has 0 saturated heterocycles. The first-order valence-electron chi connectivity index (χ1n) is 4.65. The molecule has 1 aromatic heterocycles. The number of hydrogen-bond acceptors (Lipinski definition) is 5.